The number of hydrogen-bond acceptors (Lipinski definition) is 3. The summed E-state index contributed by atoms with van der Waals surface area (Å²) in [5, 5.41) is 9.71. The second kappa shape index (κ2) is 5.96. The van der Waals surface area contributed by atoms with E-state index in [4.69, 9.17) is 0 Å². The maximum Gasteiger partial charge on any atom is 0.254 e. The Morgan fingerprint density at radius 3 is 2.88 bits per heavy atom. The minimum absolute atomic E-state index is 0.0234. The Bertz CT molecular complexity index is 823. The van der Waals surface area contributed by atoms with Gasteiger partial charge in [-0.15, -0.1) is 0 Å². The molecule has 2 N–H and O–H groups in total. The number of rotatable bonds is 2. The lowest BCUT2D eigenvalue weighted by atomic mass is 9.96. The van der Waals surface area contributed by atoms with Crippen molar-refractivity contribution < 1.29 is 9.59 Å². The van der Waals surface area contributed by atoms with Gasteiger partial charge in [-0.2, -0.15) is 5.10 Å². The van der Waals surface area contributed by atoms with Gasteiger partial charge in [-0.3, -0.25) is 14.7 Å². The average molecular weight is 322 g/mol. The summed E-state index contributed by atoms with van der Waals surface area (Å²) in [7, 11) is 0. The normalized spacial score (nSPS) is 17.5. The fraction of sp³-hybridized carbons (Fsp3) is 0.278. The average Bonchev–Trinajstić information content (AvgIpc) is 3.15. The number of aromatic nitrogens is 2. The van der Waals surface area contributed by atoms with Gasteiger partial charge in [0.2, 0.25) is 5.91 Å². The molecule has 0 atom stereocenters. The molecular weight excluding hydrogens is 304 g/mol. The van der Waals surface area contributed by atoms with Crippen molar-refractivity contribution in [2.45, 2.75) is 19.3 Å². The van der Waals surface area contributed by atoms with E-state index in [1.54, 1.807) is 12.4 Å². The monoisotopic (exact) mass is 322 g/mol. The van der Waals surface area contributed by atoms with Gasteiger partial charge in [0.25, 0.3) is 5.91 Å². The number of carbonyl (C=O) groups is 2. The van der Waals surface area contributed by atoms with Crippen LogP contribution in [0, 0.1) is 0 Å². The summed E-state index contributed by atoms with van der Waals surface area (Å²) < 4.78 is 0. The summed E-state index contributed by atoms with van der Waals surface area (Å²) in [5.74, 6) is 0.106. The minimum atomic E-state index is 0.0234. The molecule has 0 spiro atoms. The van der Waals surface area contributed by atoms with Crippen LogP contribution in [0.5, 0.6) is 0 Å². The molecule has 122 valence electrons. The Balaban J connectivity index is 1.61. The van der Waals surface area contributed by atoms with E-state index < -0.39 is 0 Å². The summed E-state index contributed by atoms with van der Waals surface area (Å²) in [4.78, 5) is 26.4. The van der Waals surface area contributed by atoms with Crippen molar-refractivity contribution in [3.8, 4) is 11.1 Å². The van der Waals surface area contributed by atoms with Crippen molar-refractivity contribution in [1.29, 1.82) is 0 Å². The van der Waals surface area contributed by atoms with Gasteiger partial charge in [0.15, 0.2) is 0 Å². The van der Waals surface area contributed by atoms with E-state index in [-0.39, 0.29) is 11.8 Å². The number of hydrogen-bond donors (Lipinski definition) is 2. The standard InChI is InChI=1S/C18H18N4O2/c23-17-6-5-12-11-22(8-7-16(12)21-17)18(24)15-4-2-1-3-14(15)13-9-19-20-10-13/h1-4,9-10H,5-8,11H2,(H,19,20)(H,21,23). The van der Waals surface area contributed by atoms with Crippen molar-refractivity contribution in [3.05, 3.63) is 53.5 Å². The quantitative estimate of drug-likeness (QED) is 0.888. The first-order valence-electron chi connectivity index (χ1n) is 8.10. The molecule has 2 aliphatic rings. The SMILES string of the molecule is O=C1CCC2=C(CCN(C(=O)c3ccccc3-c3cn[nH]c3)C2)N1. The summed E-state index contributed by atoms with van der Waals surface area (Å²) in [6.07, 6.45) is 5.47. The number of nitrogens with zero attached hydrogens (tertiary/aromatic N) is 2. The predicted molar refractivity (Wildman–Crippen MR) is 88.9 cm³/mol. The summed E-state index contributed by atoms with van der Waals surface area (Å²) in [5.41, 5.74) is 4.66. The Kier molecular flexibility index (Phi) is 3.65. The van der Waals surface area contributed by atoms with Gasteiger partial charge >= 0.3 is 0 Å². The Hall–Kier alpha value is -2.89. The van der Waals surface area contributed by atoms with E-state index in [9.17, 15) is 9.59 Å². The number of benzene rings is 1. The fourth-order valence-corrected chi connectivity index (χ4v) is 3.37. The highest BCUT2D eigenvalue weighted by Crippen LogP contribution is 2.28. The van der Waals surface area contributed by atoms with Crippen LogP contribution in [0.3, 0.4) is 0 Å². The molecule has 0 aliphatic carbocycles. The molecule has 3 heterocycles. The molecule has 0 fully saturated rings. The van der Waals surface area contributed by atoms with Gasteiger partial charge in [-0.25, -0.2) is 0 Å². The van der Waals surface area contributed by atoms with Crippen LogP contribution in [-0.4, -0.2) is 40.0 Å². The van der Waals surface area contributed by atoms with Crippen LogP contribution in [0.4, 0.5) is 0 Å². The molecule has 0 bridgehead atoms. The van der Waals surface area contributed by atoms with E-state index in [0.717, 1.165) is 23.2 Å². The van der Waals surface area contributed by atoms with E-state index >= 15 is 0 Å². The van der Waals surface area contributed by atoms with Gasteiger partial charge < -0.3 is 10.2 Å². The van der Waals surface area contributed by atoms with Crippen LogP contribution < -0.4 is 5.32 Å². The number of nitrogens with one attached hydrogen (secondary N) is 2. The Morgan fingerprint density at radius 2 is 2.04 bits per heavy atom. The molecule has 1 aromatic carbocycles. The first-order chi connectivity index (χ1) is 11.7. The van der Waals surface area contributed by atoms with Crippen LogP contribution in [-0.2, 0) is 4.79 Å². The first-order valence-corrected chi connectivity index (χ1v) is 8.10. The Morgan fingerprint density at radius 1 is 1.17 bits per heavy atom. The topological polar surface area (TPSA) is 78.1 Å². The third kappa shape index (κ3) is 2.60. The highest BCUT2D eigenvalue weighted by Gasteiger charge is 2.28. The van der Waals surface area contributed by atoms with Crippen LogP contribution in [0.1, 0.15) is 29.6 Å². The molecule has 0 radical (unpaired) electrons. The fourth-order valence-electron chi connectivity index (χ4n) is 3.37. The van der Waals surface area contributed by atoms with E-state index in [1.807, 2.05) is 29.2 Å². The number of H-pyrrole nitrogens is 1. The van der Waals surface area contributed by atoms with E-state index in [2.05, 4.69) is 15.5 Å². The predicted octanol–water partition coefficient (Wildman–Crippen LogP) is 2.09. The summed E-state index contributed by atoms with van der Waals surface area (Å²) >= 11 is 0. The van der Waals surface area contributed by atoms with Gasteiger partial charge in [0.05, 0.1) is 6.20 Å². The molecule has 24 heavy (non-hydrogen) atoms. The maximum atomic E-state index is 13.0. The minimum Gasteiger partial charge on any atom is -0.334 e. The van der Waals surface area contributed by atoms with Gasteiger partial charge in [0, 0.05) is 49.0 Å². The van der Waals surface area contributed by atoms with E-state index in [0.29, 0.717) is 31.5 Å². The number of aromatic amines is 1. The largest absolute Gasteiger partial charge is 0.334 e. The van der Waals surface area contributed by atoms with Gasteiger partial charge in [-0.05, 0) is 23.6 Å². The van der Waals surface area contributed by atoms with Crippen molar-refractivity contribution >= 4 is 11.8 Å². The zero-order valence-electron chi connectivity index (χ0n) is 13.2. The number of carbonyl (C=O) groups excluding carboxylic acids is 2. The maximum absolute atomic E-state index is 13.0. The molecule has 2 aliphatic heterocycles. The molecule has 2 aromatic rings. The summed E-state index contributed by atoms with van der Waals surface area (Å²) in [6.45, 7) is 1.21. The zero-order chi connectivity index (χ0) is 16.5. The van der Waals surface area contributed by atoms with Gasteiger partial charge in [-0.1, -0.05) is 18.2 Å². The van der Waals surface area contributed by atoms with Crippen LogP contribution >= 0.6 is 0 Å². The second-order valence-corrected chi connectivity index (χ2v) is 6.14. The molecule has 0 saturated carbocycles. The highest BCUT2D eigenvalue weighted by atomic mass is 16.2. The second-order valence-electron chi connectivity index (χ2n) is 6.14. The van der Waals surface area contributed by atoms with Crippen LogP contribution in [0.15, 0.2) is 47.9 Å². The Labute approximate surface area is 139 Å². The lowest BCUT2D eigenvalue weighted by molar-refractivity contribution is -0.120. The van der Waals surface area contributed by atoms with Crippen molar-refractivity contribution in [3.63, 3.8) is 0 Å². The lowest BCUT2D eigenvalue weighted by Gasteiger charge is -2.33. The molecule has 1 aromatic heterocycles. The third-order valence-corrected chi connectivity index (χ3v) is 4.64. The van der Waals surface area contributed by atoms with Crippen molar-refractivity contribution in [1.82, 2.24) is 20.4 Å². The molecule has 0 saturated heterocycles. The zero-order valence-corrected chi connectivity index (χ0v) is 13.2. The third-order valence-electron chi connectivity index (χ3n) is 4.64. The van der Waals surface area contributed by atoms with Crippen molar-refractivity contribution in [2.24, 2.45) is 0 Å². The van der Waals surface area contributed by atoms with E-state index in [1.165, 1.54) is 5.57 Å². The number of amides is 2. The molecule has 4 rings (SSSR count). The smallest absolute Gasteiger partial charge is 0.254 e. The highest BCUT2D eigenvalue weighted by molar-refractivity contribution is 6.01. The van der Waals surface area contributed by atoms with Crippen molar-refractivity contribution in [2.75, 3.05) is 13.1 Å². The first kappa shape index (κ1) is 14.7. The molecule has 6 heteroatoms. The molecular formula is C18H18N4O2. The molecule has 0 unspecified atom stereocenters. The van der Waals surface area contributed by atoms with Crippen LogP contribution in [0.2, 0.25) is 0 Å². The molecule has 2 amide bonds. The molecule has 6 nitrogen and oxygen atoms in total. The van der Waals surface area contributed by atoms with Crippen LogP contribution in [0.25, 0.3) is 11.1 Å². The van der Waals surface area contributed by atoms with Gasteiger partial charge in [0.1, 0.15) is 0 Å². The summed E-state index contributed by atoms with van der Waals surface area (Å²) in [6, 6.07) is 7.60. The lowest BCUT2D eigenvalue weighted by Crippen LogP contribution is -2.42.